The van der Waals surface area contributed by atoms with Crippen LogP contribution >= 0.6 is 23.4 Å². The quantitative estimate of drug-likeness (QED) is 0.379. The molecule has 5 nitrogen and oxygen atoms in total. The van der Waals surface area contributed by atoms with Crippen LogP contribution in [0.2, 0.25) is 5.02 Å². The number of thioether (sulfide) groups is 1. The number of hydrogen-bond donors (Lipinski definition) is 0. The molecule has 0 bridgehead atoms. The molecule has 2 aromatic carbocycles. The normalized spacial score (nSPS) is 15.1. The third-order valence-corrected chi connectivity index (χ3v) is 6.96. The van der Waals surface area contributed by atoms with Gasteiger partial charge >= 0.3 is 0 Å². The van der Waals surface area contributed by atoms with Gasteiger partial charge in [0.15, 0.2) is 0 Å². The number of benzene rings is 2. The predicted molar refractivity (Wildman–Crippen MR) is 134 cm³/mol. The van der Waals surface area contributed by atoms with Gasteiger partial charge in [-0.05, 0) is 87.0 Å². The fourth-order valence-corrected chi connectivity index (χ4v) is 4.81. The Labute approximate surface area is 203 Å². The number of aryl methyl sites for hydroxylation is 3. The zero-order valence-corrected chi connectivity index (χ0v) is 20.6. The Morgan fingerprint density at radius 3 is 2.42 bits per heavy atom. The highest BCUT2D eigenvalue weighted by molar-refractivity contribution is 8.18. The second-order valence-corrected chi connectivity index (χ2v) is 9.49. The molecule has 4 rings (SSSR count). The first kappa shape index (κ1) is 23.2. The summed E-state index contributed by atoms with van der Waals surface area (Å²) < 4.78 is 7.78. The molecule has 1 aliphatic rings. The van der Waals surface area contributed by atoms with Gasteiger partial charge in [0, 0.05) is 22.1 Å². The van der Waals surface area contributed by atoms with Crippen molar-refractivity contribution in [2.45, 2.75) is 27.7 Å². The number of carbonyl (C=O) groups is 2. The number of aromatic nitrogens is 1. The molecule has 0 saturated carbocycles. The lowest BCUT2D eigenvalue weighted by Gasteiger charge is -2.13. The molecule has 0 aliphatic carbocycles. The minimum atomic E-state index is -0.291. The van der Waals surface area contributed by atoms with Gasteiger partial charge in [0.25, 0.3) is 11.1 Å². The zero-order chi connectivity index (χ0) is 23.7. The monoisotopic (exact) mass is 480 g/mol. The number of ether oxygens (including phenoxy) is 1. The summed E-state index contributed by atoms with van der Waals surface area (Å²) in [5.41, 5.74) is 6.00. The summed E-state index contributed by atoms with van der Waals surface area (Å²) in [5.74, 6) is 0.424. The Kier molecular flexibility index (Phi) is 6.68. The van der Waals surface area contributed by atoms with Crippen LogP contribution in [-0.4, -0.2) is 33.8 Å². The summed E-state index contributed by atoms with van der Waals surface area (Å²) in [6.07, 6.45) is 1.79. The molecule has 1 aliphatic heterocycles. The lowest BCUT2D eigenvalue weighted by Crippen LogP contribution is -2.32. The SMILES string of the molecule is Cc1ccc(OCCN2C(=O)S/C(=C\c3cc(C)n(-c4ccc(C)c(Cl)c4)c3C)C2=O)cc1. The van der Waals surface area contributed by atoms with E-state index in [4.69, 9.17) is 16.3 Å². The molecular formula is C26H25ClN2O3S. The second kappa shape index (κ2) is 9.49. The largest absolute Gasteiger partial charge is 0.492 e. The molecule has 1 fully saturated rings. The fourth-order valence-electron chi connectivity index (χ4n) is 3.78. The number of halogens is 1. The predicted octanol–water partition coefficient (Wildman–Crippen LogP) is 6.48. The Morgan fingerprint density at radius 2 is 1.73 bits per heavy atom. The van der Waals surface area contributed by atoms with Crippen LogP contribution in [0.3, 0.4) is 0 Å². The van der Waals surface area contributed by atoms with Crippen LogP contribution in [0.5, 0.6) is 5.75 Å². The van der Waals surface area contributed by atoms with Crippen molar-refractivity contribution in [1.29, 1.82) is 0 Å². The highest BCUT2D eigenvalue weighted by Crippen LogP contribution is 2.34. The van der Waals surface area contributed by atoms with Gasteiger partial charge in [-0.1, -0.05) is 35.4 Å². The van der Waals surface area contributed by atoms with Crippen molar-refractivity contribution in [3.05, 3.63) is 86.5 Å². The van der Waals surface area contributed by atoms with Crippen LogP contribution in [0.15, 0.2) is 53.4 Å². The number of amides is 2. The summed E-state index contributed by atoms with van der Waals surface area (Å²) in [6.45, 7) is 8.42. The van der Waals surface area contributed by atoms with Crippen LogP contribution in [0.4, 0.5) is 4.79 Å². The van der Waals surface area contributed by atoms with Crippen molar-refractivity contribution in [1.82, 2.24) is 9.47 Å². The summed E-state index contributed by atoms with van der Waals surface area (Å²) in [5, 5.41) is 0.424. The molecule has 1 saturated heterocycles. The highest BCUT2D eigenvalue weighted by atomic mass is 35.5. The first-order chi connectivity index (χ1) is 15.7. The van der Waals surface area contributed by atoms with Gasteiger partial charge in [-0.15, -0.1) is 0 Å². The maximum absolute atomic E-state index is 12.9. The van der Waals surface area contributed by atoms with Crippen molar-refractivity contribution in [3.8, 4) is 11.4 Å². The molecule has 0 radical (unpaired) electrons. The minimum absolute atomic E-state index is 0.205. The molecule has 2 heterocycles. The Hall–Kier alpha value is -2.96. The molecular weight excluding hydrogens is 456 g/mol. The fraction of sp³-hybridized carbons (Fsp3) is 0.231. The lowest BCUT2D eigenvalue weighted by molar-refractivity contribution is -0.123. The second-order valence-electron chi connectivity index (χ2n) is 8.09. The first-order valence-electron chi connectivity index (χ1n) is 10.6. The third kappa shape index (κ3) is 4.87. The van der Waals surface area contributed by atoms with Crippen molar-refractivity contribution >= 4 is 40.6 Å². The Morgan fingerprint density at radius 1 is 1.00 bits per heavy atom. The molecule has 0 spiro atoms. The summed E-state index contributed by atoms with van der Waals surface area (Å²) in [6, 6.07) is 15.6. The zero-order valence-electron chi connectivity index (χ0n) is 19.0. The van der Waals surface area contributed by atoms with E-state index < -0.39 is 0 Å². The molecule has 170 valence electrons. The van der Waals surface area contributed by atoms with E-state index in [0.717, 1.165) is 45.5 Å². The van der Waals surface area contributed by atoms with Gasteiger partial charge < -0.3 is 9.30 Å². The topological polar surface area (TPSA) is 51.5 Å². The maximum atomic E-state index is 12.9. The van der Waals surface area contributed by atoms with Gasteiger partial charge in [-0.25, -0.2) is 0 Å². The van der Waals surface area contributed by atoms with Crippen LogP contribution in [0.25, 0.3) is 11.8 Å². The first-order valence-corrected chi connectivity index (χ1v) is 11.8. The molecule has 0 N–H and O–H groups in total. The van der Waals surface area contributed by atoms with Gasteiger partial charge in [0.05, 0.1) is 11.4 Å². The van der Waals surface area contributed by atoms with Crippen molar-refractivity contribution < 1.29 is 14.3 Å². The summed E-state index contributed by atoms with van der Waals surface area (Å²) in [4.78, 5) is 27.0. The van der Waals surface area contributed by atoms with E-state index in [9.17, 15) is 9.59 Å². The molecule has 0 atom stereocenters. The number of imide groups is 1. The lowest BCUT2D eigenvalue weighted by atomic mass is 10.2. The van der Waals surface area contributed by atoms with E-state index in [0.29, 0.717) is 15.7 Å². The van der Waals surface area contributed by atoms with Gasteiger partial charge in [0.2, 0.25) is 0 Å². The molecule has 3 aromatic rings. The molecule has 0 unspecified atom stereocenters. The van der Waals surface area contributed by atoms with E-state index in [1.807, 2.05) is 76.2 Å². The number of carbonyl (C=O) groups excluding carboxylic acids is 2. The molecule has 1 aromatic heterocycles. The van der Waals surface area contributed by atoms with Crippen LogP contribution in [-0.2, 0) is 4.79 Å². The summed E-state index contributed by atoms with van der Waals surface area (Å²) in [7, 11) is 0. The van der Waals surface area contributed by atoms with Crippen LogP contribution < -0.4 is 4.74 Å². The van der Waals surface area contributed by atoms with E-state index in [2.05, 4.69) is 4.57 Å². The van der Waals surface area contributed by atoms with E-state index >= 15 is 0 Å². The smallest absolute Gasteiger partial charge is 0.293 e. The molecule has 2 amide bonds. The van der Waals surface area contributed by atoms with Gasteiger partial charge in [0.1, 0.15) is 12.4 Å². The van der Waals surface area contributed by atoms with E-state index in [1.54, 1.807) is 6.08 Å². The van der Waals surface area contributed by atoms with E-state index in [1.165, 1.54) is 4.90 Å². The minimum Gasteiger partial charge on any atom is -0.492 e. The standard InChI is InChI=1S/C26H25ClN2O3S/c1-16-5-9-22(10-6-16)32-12-11-28-25(30)24(33-26(28)31)14-20-13-18(3)29(19(20)4)21-8-7-17(2)23(27)15-21/h5-10,13-15H,11-12H2,1-4H3/b24-14-. The average molecular weight is 481 g/mol. The van der Waals surface area contributed by atoms with E-state index in [-0.39, 0.29) is 24.3 Å². The van der Waals surface area contributed by atoms with Crippen molar-refractivity contribution in [3.63, 3.8) is 0 Å². The number of nitrogens with zero attached hydrogens (tertiary/aromatic N) is 2. The summed E-state index contributed by atoms with van der Waals surface area (Å²) >= 11 is 7.29. The Balaban J connectivity index is 1.50. The maximum Gasteiger partial charge on any atom is 0.293 e. The van der Waals surface area contributed by atoms with Crippen molar-refractivity contribution in [2.24, 2.45) is 0 Å². The van der Waals surface area contributed by atoms with Crippen LogP contribution in [0, 0.1) is 27.7 Å². The third-order valence-electron chi connectivity index (χ3n) is 5.65. The molecule has 7 heteroatoms. The number of rotatable bonds is 6. The highest BCUT2D eigenvalue weighted by Gasteiger charge is 2.35. The Bertz CT molecular complexity index is 1260. The van der Waals surface area contributed by atoms with Crippen LogP contribution in [0.1, 0.15) is 28.1 Å². The van der Waals surface area contributed by atoms with Gasteiger partial charge in [-0.3, -0.25) is 14.5 Å². The average Bonchev–Trinajstić information content (AvgIpc) is 3.20. The number of hydrogen-bond acceptors (Lipinski definition) is 4. The van der Waals surface area contributed by atoms with Crippen molar-refractivity contribution in [2.75, 3.05) is 13.2 Å². The molecule has 33 heavy (non-hydrogen) atoms. The van der Waals surface area contributed by atoms with Gasteiger partial charge in [-0.2, -0.15) is 0 Å².